The Morgan fingerprint density at radius 1 is 1.26 bits per heavy atom. The molecule has 19 heavy (non-hydrogen) atoms. The van der Waals surface area contributed by atoms with E-state index in [0.717, 1.165) is 5.56 Å². The number of nitrogens with zero attached hydrogens (tertiary/aromatic N) is 2. The van der Waals surface area contributed by atoms with Gasteiger partial charge in [-0.25, -0.2) is 4.79 Å². The van der Waals surface area contributed by atoms with Gasteiger partial charge in [0.05, 0.1) is 0 Å². The fraction of sp³-hybridized carbons (Fsp3) is 0.214. The standard InChI is InChI=1S/C14H15N3O2/c1-17-10-9-12(16-14(17)19)15-13(18)8-7-11-5-3-2-4-6-11/h2-6,9-10H,7-8H2,1H3,(H,15,16,18,19). The van der Waals surface area contributed by atoms with Gasteiger partial charge in [0.2, 0.25) is 5.91 Å². The highest BCUT2D eigenvalue weighted by molar-refractivity contribution is 5.89. The van der Waals surface area contributed by atoms with Crippen LogP contribution >= 0.6 is 0 Å². The summed E-state index contributed by atoms with van der Waals surface area (Å²) in [5.74, 6) is 0.144. The van der Waals surface area contributed by atoms with Crippen LogP contribution in [0, 0.1) is 0 Å². The monoisotopic (exact) mass is 257 g/mol. The van der Waals surface area contributed by atoms with Crippen molar-refractivity contribution < 1.29 is 4.79 Å². The number of aryl methyl sites for hydroxylation is 2. The second-order valence-corrected chi connectivity index (χ2v) is 4.24. The van der Waals surface area contributed by atoms with Crippen molar-refractivity contribution in [2.24, 2.45) is 7.05 Å². The molecule has 0 aliphatic heterocycles. The van der Waals surface area contributed by atoms with Crippen molar-refractivity contribution in [3.8, 4) is 0 Å². The highest BCUT2D eigenvalue weighted by atomic mass is 16.2. The van der Waals surface area contributed by atoms with Crippen molar-refractivity contribution in [1.82, 2.24) is 9.55 Å². The highest BCUT2D eigenvalue weighted by Crippen LogP contribution is 2.04. The third kappa shape index (κ3) is 3.77. The van der Waals surface area contributed by atoms with E-state index in [1.54, 1.807) is 19.3 Å². The minimum absolute atomic E-state index is 0.149. The van der Waals surface area contributed by atoms with Crippen LogP contribution < -0.4 is 11.0 Å². The number of hydrogen-bond donors (Lipinski definition) is 1. The van der Waals surface area contributed by atoms with Crippen LogP contribution in [0.5, 0.6) is 0 Å². The van der Waals surface area contributed by atoms with E-state index < -0.39 is 0 Å². The van der Waals surface area contributed by atoms with Crippen molar-refractivity contribution in [3.63, 3.8) is 0 Å². The first-order valence-corrected chi connectivity index (χ1v) is 6.02. The summed E-state index contributed by atoms with van der Waals surface area (Å²) in [6, 6.07) is 11.4. The minimum atomic E-state index is -0.388. The lowest BCUT2D eigenvalue weighted by atomic mass is 10.1. The number of hydrogen-bond acceptors (Lipinski definition) is 3. The van der Waals surface area contributed by atoms with E-state index in [0.29, 0.717) is 18.7 Å². The van der Waals surface area contributed by atoms with Crippen LogP contribution in [0.3, 0.4) is 0 Å². The number of benzene rings is 1. The summed E-state index contributed by atoms with van der Waals surface area (Å²) in [6.45, 7) is 0. The highest BCUT2D eigenvalue weighted by Gasteiger charge is 2.04. The topological polar surface area (TPSA) is 64.0 Å². The van der Waals surface area contributed by atoms with Crippen LogP contribution in [0.15, 0.2) is 47.4 Å². The number of nitrogens with one attached hydrogen (secondary N) is 1. The molecule has 0 atom stereocenters. The van der Waals surface area contributed by atoms with Crippen molar-refractivity contribution in [3.05, 3.63) is 58.6 Å². The van der Waals surface area contributed by atoms with Crippen LogP contribution in [0.25, 0.3) is 0 Å². The van der Waals surface area contributed by atoms with E-state index in [1.165, 1.54) is 4.57 Å². The van der Waals surface area contributed by atoms with Gasteiger partial charge in [0.25, 0.3) is 0 Å². The Balaban J connectivity index is 1.91. The minimum Gasteiger partial charge on any atom is -0.310 e. The van der Waals surface area contributed by atoms with E-state index in [4.69, 9.17) is 0 Å². The van der Waals surface area contributed by atoms with Gasteiger partial charge >= 0.3 is 5.69 Å². The van der Waals surface area contributed by atoms with Crippen LogP contribution in [-0.2, 0) is 18.3 Å². The van der Waals surface area contributed by atoms with Gasteiger partial charge in [-0.2, -0.15) is 4.98 Å². The number of carbonyl (C=O) groups is 1. The number of carbonyl (C=O) groups excluding carboxylic acids is 1. The third-order valence-corrected chi connectivity index (χ3v) is 2.72. The maximum absolute atomic E-state index is 11.7. The lowest BCUT2D eigenvalue weighted by Gasteiger charge is -2.04. The first-order valence-electron chi connectivity index (χ1n) is 6.02. The van der Waals surface area contributed by atoms with E-state index in [2.05, 4.69) is 10.3 Å². The fourth-order valence-electron chi connectivity index (χ4n) is 1.64. The Labute approximate surface area is 110 Å². The summed E-state index contributed by atoms with van der Waals surface area (Å²) in [5, 5.41) is 2.62. The molecule has 1 N–H and O–H groups in total. The van der Waals surface area contributed by atoms with Gasteiger partial charge in [0, 0.05) is 19.7 Å². The molecule has 5 nitrogen and oxygen atoms in total. The first-order chi connectivity index (χ1) is 9.15. The molecule has 0 bridgehead atoms. The Kier molecular flexibility index (Phi) is 4.07. The number of rotatable bonds is 4. The van der Waals surface area contributed by atoms with Crippen molar-refractivity contribution in [1.29, 1.82) is 0 Å². The molecule has 0 aliphatic carbocycles. The molecule has 1 amide bonds. The molecular formula is C14H15N3O2. The SMILES string of the molecule is Cn1ccc(NC(=O)CCc2ccccc2)nc1=O. The summed E-state index contributed by atoms with van der Waals surface area (Å²) in [6.07, 6.45) is 2.60. The maximum Gasteiger partial charge on any atom is 0.349 e. The normalized spacial score (nSPS) is 10.2. The van der Waals surface area contributed by atoms with Crippen LogP contribution in [0.4, 0.5) is 5.82 Å². The number of anilines is 1. The van der Waals surface area contributed by atoms with Gasteiger partial charge in [0.1, 0.15) is 5.82 Å². The second kappa shape index (κ2) is 5.95. The summed E-state index contributed by atoms with van der Waals surface area (Å²) in [7, 11) is 1.61. The quantitative estimate of drug-likeness (QED) is 0.899. The summed E-state index contributed by atoms with van der Waals surface area (Å²) in [4.78, 5) is 26.8. The number of amides is 1. The molecule has 0 fully saturated rings. The molecule has 2 aromatic rings. The van der Waals surface area contributed by atoms with Gasteiger partial charge < -0.3 is 9.88 Å². The second-order valence-electron chi connectivity index (χ2n) is 4.24. The van der Waals surface area contributed by atoms with E-state index in [1.807, 2.05) is 30.3 Å². The lowest BCUT2D eigenvalue weighted by Crippen LogP contribution is -2.22. The van der Waals surface area contributed by atoms with Crippen LogP contribution in [-0.4, -0.2) is 15.5 Å². The Morgan fingerprint density at radius 3 is 2.68 bits per heavy atom. The maximum atomic E-state index is 11.7. The zero-order valence-electron chi connectivity index (χ0n) is 10.7. The smallest absolute Gasteiger partial charge is 0.310 e. The largest absolute Gasteiger partial charge is 0.349 e. The summed E-state index contributed by atoms with van der Waals surface area (Å²) < 4.78 is 1.35. The van der Waals surface area contributed by atoms with Gasteiger partial charge in [-0.15, -0.1) is 0 Å². The van der Waals surface area contributed by atoms with Gasteiger partial charge in [0.15, 0.2) is 0 Å². The van der Waals surface area contributed by atoms with Crippen LogP contribution in [0.2, 0.25) is 0 Å². The number of aromatic nitrogens is 2. The molecule has 1 heterocycles. The molecule has 0 unspecified atom stereocenters. The van der Waals surface area contributed by atoms with Crippen molar-refractivity contribution in [2.75, 3.05) is 5.32 Å². The van der Waals surface area contributed by atoms with E-state index in [9.17, 15) is 9.59 Å². The van der Waals surface area contributed by atoms with Gasteiger partial charge in [-0.1, -0.05) is 30.3 Å². The predicted octanol–water partition coefficient (Wildman–Crippen LogP) is 1.35. The first kappa shape index (κ1) is 13.0. The Morgan fingerprint density at radius 2 is 2.00 bits per heavy atom. The molecular weight excluding hydrogens is 242 g/mol. The molecule has 98 valence electrons. The zero-order valence-corrected chi connectivity index (χ0v) is 10.7. The molecule has 0 spiro atoms. The van der Waals surface area contributed by atoms with Gasteiger partial charge in [-0.3, -0.25) is 4.79 Å². The summed E-state index contributed by atoms with van der Waals surface area (Å²) in [5.41, 5.74) is 0.718. The molecule has 1 aromatic carbocycles. The molecule has 0 aliphatic rings. The van der Waals surface area contributed by atoms with Crippen molar-refractivity contribution in [2.45, 2.75) is 12.8 Å². The molecule has 2 rings (SSSR count). The Hall–Kier alpha value is -2.43. The summed E-state index contributed by atoms with van der Waals surface area (Å²) >= 11 is 0. The molecule has 0 saturated carbocycles. The van der Waals surface area contributed by atoms with E-state index in [-0.39, 0.29) is 11.6 Å². The van der Waals surface area contributed by atoms with Crippen molar-refractivity contribution >= 4 is 11.7 Å². The average molecular weight is 257 g/mol. The molecule has 5 heteroatoms. The molecule has 0 saturated heterocycles. The lowest BCUT2D eigenvalue weighted by molar-refractivity contribution is -0.116. The molecule has 1 aromatic heterocycles. The Bertz CT molecular complexity index is 620. The van der Waals surface area contributed by atoms with Gasteiger partial charge in [-0.05, 0) is 18.1 Å². The predicted molar refractivity (Wildman–Crippen MR) is 72.9 cm³/mol. The average Bonchev–Trinajstić information content (AvgIpc) is 2.42. The fourth-order valence-corrected chi connectivity index (χ4v) is 1.64. The van der Waals surface area contributed by atoms with Crippen LogP contribution in [0.1, 0.15) is 12.0 Å². The van der Waals surface area contributed by atoms with E-state index >= 15 is 0 Å². The molecule has 0 radical (unpaired) electrons. The zero-order chi connectivity index (χ0) is 13.7. The third-order valence-electron chi connectivity index (χ3n) is 2.72.